The molecule has 0 aliphatic heterocycles. The zero-order valence-corrected chi connectivity index (χ0v) is 27.6. The molecule has 0 radical (unpaired) electrons. The average Bonchev–Trinajstić information content (AvgIpc) is 3.50. The minimum atomic E-state index is 0.894. The van der Waals surface area contributed by atoms with Crippen LogP contribution in [-0.4, -0.2) is 17.8 Å². The Balaban J connectivity index is 1.12. The standard InChI is InChI=1S/C44H28BN3S/c45-44-36-11-5-2-8-31(36)25-42(47-44)48(34-21-22-37-40(26-34)49-41-24-32-9-3-6-12-39(32)46-43(37)41)33-19-17-27(18-20-33)30-16-15-29-14-13-28-7-1-4-10-35(28)38(29)23-30/h1-26H,45H2. The Morgan fingerprint density at radius 3 is 1.98 bits per heavy atom. The molecule has 0 saturated carbocycles. The van der Waals surface area contributed by atoms with Gasteiger partial charge in [-0.05, 0) is 98.0 Å². The molecule has 0 aliphatic carbocycles. The number of hydrogen-bond donors (Lipinski definition) is 0. The third kappa shape index (κ3) is 4.66. The lowest BCUT2D eigenvalue weighted by Crippen LogP contribution is -2.18. The summed E-state index contributed by atoms with van der Waals surface area (Å²) in [6.07, 6.45) is 0. The second-order valence-corrected chi connectivity index (χ2v) is 13.8. The molecule has 0 N–H and O–H groups in total. The number of fused-ring (bicyclic) bond motifs is 8. The van der Waals surface area contributed by atoms with Crippen molar-refractivity contribution >= 4 is 105 Å². The van der Waals surface area contributed by atoms with Gasteiger partial charge in [0, 0.05) is 32.4 Å². The lowest BCUT2D eigenvalue weighted by Gasteiger charge is -2.25. The fraction of sp³-hybridized carbons (Fsp3) is 0. The number of pyridine rings is 2. The van der Waals surface area contributed by atoms with E-state index in [-0.39, 0.29) is 0 Å². The number of anilines is 3. The van der Waals surface area contributed by atoms with Gasteiger partial charge in [0.2, 0.25) is 0 Å². The maximum Gasteiger partial charge on any atom is 0.164 e. The van der Waals surface area contributed by atoms with Crippen LogP contribution in [0.1, 0.15) is 0 Å². The highest BCUT2D eigenvalue weighted by molar-refractivity contribution is 7.25. The molecule has 0 saturated heterocycles. The third-order valence-corrected chi connectivity index (χ3v) is 10.8. The highest BCUT2D eigenvalue weighted by Crippen LogP contribution is 2.41. The van der Waals surface area contributed by atoms with Crippen LogP contribution in [0.25, 0.3) is 74.6 Å². The molecule has 49 heavy (non-hydrogen) atoms. The van der Waals surface area contributed by atoms with E-state index in [2.05, 4.69) is 170 Å². The van der Waals surface area contributed by atoms with E-state index < -0.39 is 0 Å². The van der Waals surface area contributed by atoms with Crippen LogP contribution >= 0.6 is 11.3 Å². The molecule has 10 aromatic rings. The van der Waals surface area contributed by atoms with Crippen LogP contribution in [0.3, 0.4) is 0 Å². The van der Waals surface area contributed by atoms with Crippen molar-refractivity contribution in [3.8, 4) is 11.1 Å². The third-order valence-electron chi connectivity index (χ3n) is 9.74. The van der Waals surface area contributed by atoms with E-state index in [9.17, 15) is 0 Å². The van der Waals surface area contributed by atoms with Gasteiger partial charge >= 0.3 is 0 Å². The molecule has 0 fully saturated rings. The summed E-state index contributed by atoms with van der Waals surface area (Å²) in [6, 6.07) is 56.8. The van der Waals surface area contributed by atoms with E-state index in [1.165, 1.54) is 63.6 Å². The van der Waals surface area contributed by atoms with Crippen LogP contribution in [0.2, 0.25) is 0 Å². The molecule has 0 bridgehead atoms. The fourth-order valence-corrected chi connectivity index (χ4v) is 8.41. The maximum absolute atomic E-state index is 5.18. The van der Waals surface area contributed by atoms with E-state index in [0.29, 0.717) is 0 Å². The van der Waals surface area contributed by atoms with E-state index in [0.717, 1.165) is 33.8 Å². The summed E-state index contributed by atoms with van der Waals surface area (Å²) in [5.74, 6) is 0.894. The summed E-state index contributed by atoms with van der Waals surface area (Å²) in [6.45, 7) is 0. The molecular weight excluding hydrogens is 613 g/mol. The zero-order chi connectivity index (χ0) is 32.5. The van der Waals surface area contributed by atoms with Crippen molar-refractivity contribution in [2.45, 2.75) is 0 Å². The van der Waals surface area contributed by atoms with Crippen LogP contribution in [0.4, 0.5) is 17.2 Å². The topological polar surface area (TPSA) is 29.0 Å². The molecule has 0 aliphatic rings. The Morgan fingerprint density at radius 2 is 1.12 bits per heavy atom. The minimum Gasteiger partial charge on any atom is -0.295 e. The Labute approximate surface area is 288 Å². The van der Waals surface area contributed by atoms with Crippen LogP contribution in [0, 0.1) is 0 Å². The molecule has 0 spiro atoms. The molecule has 0 amide bonds. The largest absolute Gasteiger partial charge is 0.295 e. The van der Waals surface area contributed by atoms with Gasteiger partial charge in [0.05, 0.1) is 15.7 Å². The van der Waals surface area contributed by atoms with E-state index >= 15 is 0 Å². The van der Waals surface area contributed by atoms with Gasteiger partial charge in [-0.2, -0.15) is 0 Å². The second-order valence-electron chi connectivity index (χ2n) is 12.7. The number of aromatic nitrogens is 2. The molecule has 0 unspecified atom stereocenters. The van der Waals surface area contributed by atoms with Crippen molar-refractivity contribution < 1.29 is 0 Å². The van der Waals surface area contributed by atoms with Crippen molar-refractivity contribution in [2.75, 3.05) is 4.90 Å². The summed E-state index contributed by atoms with van der Waals surface area (Å²) < 4.78 is 2.41. The molecule has 3 heterocycles. The first-order valence-corrected chi connectivity index (χ1v) is 17.4. The maximum atomic E-state index is 5.18. The number of para-hydroxylation sites is 1. The Bertz CT molecular complexity index is 2910. The number of nitrogens with zero attached hydrogens (tertiary/aromatic N) is 3. The number of benzene rings is 7. The zero-order valence-electron chi connectivity index (χ0n) is 26.8. The lowest BCUT2D eigenvalue weighted by atomic mass is 9.96. The predicted molar refractivity (Wildman–Crippen MR) is 213 cm³/mol. The van der Waals surface area contributed by atoms with Crippen LogP contribution in [0.15, 0.2) is 158 Å². The van der Waals surface area contributed by atoms with Gasteiger partial charge < -0.3 is 0 Å². The molecule has 7 aromatic carbocycles. The van der Waals surface area contributed by atoms with Gasteiger partial charge in [0.25, 0.3) is 0 Å². The predicted octanol–water partition coefficient (Wildman–Crippen LogP) is 10.9. The van der Waals surface area contributed by atoms with Crippen LogP contribution in [-0.2, 0) is 0 Å². The first-order chi connectivity index (χ1) is 24.2. The highest BCUT2D eigenvalue weighted by Gasteiger charge is 2.18. The Morgan fingerprint density at radius 1 is 0.449 bits per heavy atom. The summed E-state index contributed by atoms with van der Waals surface area (Å²) in [7, 11) is 2.10. The molecule has 5 heteroatoms. The molecule has 228 valence electrons. The fourth-order valence-electron chi connectivity index (χ4n) is 7.28. The molecule has 10 rings (SSSR count). The van der Waals surface area contributed by atoms with Gasteiger partial charge in [-0.15, -0.1) is 11.3 Å². The quantitative estimate of drug-likeness (QED) is 0.141. The minimum absolute atomic E-state index is 0.894. The average molecular weight is 642 g/mol. The van der Waals surface area contributed by atoms with E-state index in [1.807, 2.05) is 0 Å². The van der Waals surface area contributed by atoms with E-state index in [4.69, 9.17) is 9.97 Å². The first kappa shape index (κ1) is 28.0. The van der Waals surface area contributed by atoms with Crippen LogP contribution in [0.5, 0.6) is 0 Å². The second kappa shape index (κ2) is 11.0. The monoisotopic (exact) mass is 641 g/mol. The van der Waals surface area contributed by atoms with Crippen molar-refractivity contribution in [1.29, 1.82) is 0 Å². The smallest absolute Gasteiger partial charge is 0.164 e. The van der Waals surface area contributed by atoms with Gasteiger partial charge in [0.15, 0.2) is 7.85 Å². The van der Waals surface area contributed by atoms with Crippen molar-refractivity contribution in [3.05, 3.63) is 158 Å². The van der Waals surface area contributed by atoms with Gasteiger partial charge in [-0.3, -0.25) is 4.90 Å². The van der Waals surface area contributed by atoms with Crippen LogP contribution < -0.4 is 10.5 Å². The normalized spacial score (nSPS) is 11.8. The molecule has 3 aromatic heterocycles. The summed E-state index contributed by atoms with van der Waals surface area (Å²) in [5.41, 5.74) is 7.60. The molecule has 0 atom stereocenters. The van der Waals surface area contributed by atoms with Gasteiger partial charge in [0.1, 0.15) is 5.82 Å². The number of rotatable bonds is 4. The number of hydrogen-bond acceptors (Lipinski definition) is 4. The van der Waals surface area contributed by atoms with E-state index in [1.54, 1.807) is 11.3 Å². The summed E-state index contributed by atoms with van der Waals surface area (Å²) >= 11 is 1.80. The lowest BCUT2D eigenvalue weighted by molar-refractivity contribution is 1.21. The summed E-state index contributed by atoms with van der Waals surface area (Å²) in [4.78, 5) is 12.5. The first-order valence-electron chi connectivity index (χ1n) is 16.6. The Kier molecular flexibility index (Phi) is 6.30. The highest BCUT2D eigenvalue weighted by atomic mass is 32.1. The summed E-state index contributed by atoms with van der Waals surface area (Å²) in [5, 5.41) is 9.75. The number of thiophene rings is 1. The molecular formula is C44H28BN3S. The molecule has 3 nitrogen and oxygen atoms in total. The van der Waals surface area contributed by atoms with Crippen molar-refractivity contribution in [2.24, 2.45) is 0 Å². The van der Waals surface area contributed by atoms with Gasteiger partial charge in [-0.25, -0.2) is 9.97 Å². The van der Waals surface area contributed by atoms with Gasteiger partial charge in [-0.1, -0.05) is 103 Å². The SMILES string of the molecule is Bc1nc(N(c2ccc(-c3ccc4ccc5ccccc5c4c3)cc2)c2ccc3c(c2)sc2cc4ccccc4nc23)cc2ccccc12. The Hall–Kier alpha value is -6.04. The van der Waals surface area contributed by atoms with Crippen molar-refractivity contribution in [3.63, 3.8) is 0 Å². The van der Waals surface area contributed by atoms with Crippen molar-refractivity contribution in [1.82, 2.24) is 9.97 Å².